The number of amides is 1. The summed E-state index contributed by atoms with van der Waals surface area (Å²) >= 11 is 1.59. The second-order valence-corrected chi connectivity index (χ2v) is 10.3. The minimum absolute atomic E-state index is 0.0203. The zero-order valence-corrected chi connectivity index (χ0v) is 16.0. The van der Waals surface area contributed by atoms with Crippen LogP contribution in [0.5, 0.6) is 0 Å². The molecule has 5 nitrogen and oxygen atoms in total. The van der Waals surface area contributed by atoms with Crippen molar-refractivity contribution in [1.82, 2.24) is 9.88 Å². The topological polar surface area (TPSA) is 67.3 Å². The molecule has 1 atom stereocenters. The quantitative estimate of drug-likeness (QED) is 0.811. The second-order valence-electron chi connectivity index (χ2n) is 7.11. The van der Waals surface area contributed by atoms with Gasteiger partial charge in [-0.25, -0.2) is 13.4 Å². The molecule has 0 aromatic carbocycles. The van der Waals surface area contributed by atoms with E-state index < -0.39 is 9.84 Å². The number of nitrogens with zero attached hydrogens (tertiary/aromatic N) is 2. The number of thiazole rings is 1. The van der Waals surface area contributed by atoms with Gasteiger partial charge in [0, 0.05) is 36.2 Å². The van der Waals surface area contributed by atoms with Gasteiger partial charge in [0.1, 0.15) is 0 Å². The molecule has 1 fully saturated rings. The van der Waals surface area contributed by atoms with Crippen LogP contribution in [0.25, 0.3) is 0 Å². The lowest BCUT2D eigenvalue weighted by Gasteiger charge is -2.26. The van der Waals surface area contributed by atoms with E-state index in [1.807, 2.05) is 6.92 Å². The van der Waals surface area contributed by atoms with E-state index in [4.69, 9.17) is 0 Å². The maximum atomic E-state index is 12.5. The van der Waals surface area contributed by atoms with Crippen molar-refractivity contribution in [3.63, 3.8) is 0 Å². The van der Waals surface area contributed by atoms with Crippen molar-refractivity contribution in [2.24, 2.45) is 0 Å². The summed E-state index contributed by atoms with van der Waals surface area (Å²) in [4.78, 5) is 18.8. The van der Waals surface area contributed by atoms with Crippen molar-refractivity contribution in [1.29, 1.82) is 0 Å². The minimum Gasteiger partial charge on any atom is -0.339 e. The largest absolute Gasteiger partial charge is 0.339 e. The van der Waals surface area contributed by atoms with Gasteiger partial charge in [-0.3, -0.25) is 4.79 Å². The van der Waals surface area contributed by atoms with Gasteiger partial charge in [0.05, 0.1) is 22.2 Å². The highest BCUT2D eigenvalue weighted by atomic mass is 32.2. The third-order valence-electron chi connectivity index (χ3n) is 4.18. The minimum atomic E-state index is -2.97. The van der Waals surface area contributed by atoms with E-state index in [0.717, 1.165) is 10.7 Å². The first-order valence-electron chi connectivity index (χ1n) is 8.07. The molecule has 2 heterocycles. The average molecular weight is 359 g/mol. The molecular formula is C16H26N2O3S2. The average Bonchev–Trinajstić information content (AvgIpc) is 3.03. The molecule has 2 rings (SSSR count). The van der Waals surface area contributed by atoms with E-state index in [2.05, 4.69) is 31.1 Å². The van der Waals surface area contributed by atoms with Crippen LogP contribution in [-0.4, -0.2) is 48.3 Å². The Morgan fingerprint density at radius 1 is 1.43 bits per heavy atom. The van der Waals surface area contributed by atoms with Crippen LogP contribution in [0.2, 0.25) is 0 Å². The van der Waals surface area contributed by atoms with Crippen LogP contribution in [0, 0.1) is 0 Å². The van der Waals surface area contributed by atoms with Gasteiger partial charge in [-0.05, 0) is 13.3 Å². The summed E-state index contributed by atoms with van der Waals surface area (Å²) in [6.07, 6.45) is 1.57. The number of rotatable bonds is 5. The molecule has 0 saturated carbocycles. The SMILES string of the molecule is CCN(C(=O)CCc1nc(C(C)(C)C)cs1)C1CCS(=O)(=O)C1. The van der Waals surface area contributed by atoms with Crippen LogP contribution in [0.3, 0.4) is 0 Å². The Balaban J connectivity index is 1.94. The van der Waals surface area contributed by atoms with Gasteiger partial charge in [0.25, 0.3) is 0 Å². The number of sulfone groups is 1. The maximum absolute atomic E-state index is 12.5. The summed E-state index contributed by atoms with van der Waals surface area (Å²) in [5.41, 5.74) is 1.08. The Morgan fingerprint density at radius 2 is 2.13 bits per heavy atom. The van der Waals surface area contributed by atoms with Crippen LogP contribution >= 0.6 is 11.3 Å². The molecule has 0 aliphatic carbocycles. The summed E-state index contributed by atoms with van der Waals surface area (Å²) in [7, 11) is -2.97. The van der Waals surface area contributed by atoms with Crippen LogP contribution in [-0.2, 0) is 26.5 Å². The Bertz CT molecular complexity index is 659. The molecule has 1 unspecified atom stereocenters. The highest BCUT2D eigenvalue weighted by Crippen LogP contribution is 2.25. The van der Waals surface area contributed by atoms with E-state index in [1.165, 1.54) is 0 Å². The molecule has 1 aromatic heterocycles. The lowest BCUT2D eigenvalue weighted by molar-refractivity contribution is -0.132. The van der Waals surface area contributed by atoms with Crippen LogP contribution < -0.4 is 0 Å². The van der Waals surface area contributed by atoms with E-state index in [0.29, 0.717) is 25.8 Å². The fourth-order valence-corrected chi connectivity index (χ4v) is 5.54. The van der Waals surface area contributed by atoms with Crippen molar-refractivity contribution >= 4 is 27.1 Å². The smallest absolute Gasteiger partial charge is 0.223 e. The van der Waals surface area contributed by atoms with Gasteiger partial charge in [-0.2, -0.15) is 0 Å². The standard InChI is InChI=1S/C16H26N2O3S2/c1-5-18(12-8-9-23(20,21)11-12)15(19)7-6-14-17-13(10-22-14)16(2,3)4/h10,12H,5-9,11H2,1-4H3. The van der Waals surface area contributed by atoms with Crippen molar-refractivity contribution in [2.45, 2.75) is 58.4 Å². The Morgan fingerprint density at radius 3 is 2.61 bits per heavy atom. The fraction of sp³-hybridized carbons (Fsp3) is 0.750. The third-order valence-corrected chi connectivity index (χ3v) is 6.84. The molecule has 130 valence electrons. The molecule has 1 aromatic rings. The fourth-order valence-electron chi connectivity index (χ4n) is 2.79. The zero-order chi connectivity index (χ0) is 17.3. The van der Waals surface area contributed by atoms with Crippen LogP contribution in [0.4, 0.5) is 0 Å². The Kier molecular flexibility index (Phi) is 5.51. The molecule has 7 heteroatoms. The number of hydrogen-bond acceptors (Lipinski definition) is 5. The zero-order valence-electron chi connectivity index (χ0n) is 14.3. The van der Waals surface area contributed by atoms with Crippen LogP contribution in [0.15, 0.2) is 5.38 Å². The van der Waals surface area contributed by atoms with Gasteiger partial charge in [0.2, 0.25) is 5.91 Å². The monoisotopic (exact) mass is 358 g/mol. The van der Waals surface area contributed by atoms with E-state index in [-0.39, 0.29) is 28.9 Å². The van der Waals surface area contributed by atoms with Crippen LogP contribution in [0.1, 0.15) is 51.2 Å². The third kappa shape index (κ3) is 4.76. The highest BCUT2D eigenvalue weighted by molar-refractivity contribution is 7.91. The Labute approximate surface area is 143 Å². The van der Waals surface area contributed by atoms with Crippen molar-refractivity contribution in [2.75, 3.05) is 18.1 Å². The van der Waals surface area contributed by atoms with Crippen molar-refractivity contribution in [3.8, 4) is 0 Å². The number of carbonyl (C=O) groups excluding carboxylic acids is 1. The molecule has 0 N–H and O–H groups in total. The molecule has 1 aliphatic rings. The van der Waals surface area contributed by atoms with E-state index in [9.17, 15) is 13.2 Å². The number of aryl methyl sites for hydroxylation is 1. The molecule has 23 heavy (non-hydrogen) atoms. The lowest BCUT2D eigenvalue weighted by Crippen LogP contribution is -2.41. The van der Waals surface area contributed by atoms with Gasteiger partial charge in [-0.1, -0.05) is 20.8 Å². The van der Waals surface area contributed by atoms with Gasteiger partial charge in [0.15, 0.2) is 9.84 Å². The first kappa shape index (κ1) is 18.4. The lowest BCUT2D eigenvalue weighted by atomic mass is 9.93. The molecular weight excluding hydrogens is 332 g/mol. The second kappa shape index (κ2) is 6.89. The molecule has 0 spiro atoms. The molecule has 0 bridgehead atoms. The summed E-state index contributed by atoms with van der Waals surface area (Å²) in [5, 5.41) is 3.03. The van der Waals surface area contributed by atoms with Gasteiger partial charge >= 0.3 is 0 Å². The summed E-state index contributed by atoms with van der Waals surface area (Å²) in [6, 6.07) is -0.154. The number of carbonyl (C=O) groups is 1. The number of aromatic nitrogens is 1. The normalized spacial score (nSPS) is 20.6. The summed E-state index contributed by atoms with van der Waals surface area (Å²) < 4.78 is 23.2. The first-order valence-corrected chi connectivity index (χ1v) is 10.8. The molecule has 1 amide bonds. The Hall–Kier alpha value is -0.950. The number of hydrogen-bond donors (Lipinski definition) is 0. The summed E-state index contributed by atoms with van der Waals surface area (Å²) in [6.45, 7) is 8.83. The predicted octanol–water partition coefficient (Wildman–Crippen LogP) is 2.41. The molecule has 0 radical (unpaired) electrons. The van der Waals surface area contributed by atoms with Crippen molar-refractivity contribution < 1.29 is 13.2 Å². The summed E-state index contributed by atoms with van der Waals surface area (Å²) in [5.74, 6) is 0.336. The van der Waals surface area contributed by atoms with E-state index in [1.54, 1.807) is 16.2 Å². The first-order chi connectivity index (χ1) is 10.6. The van der Waals surface area contributed by atoms with Crippen molar-refractivity contribution in [3.05, 3.63) is 16.1 Å². The molecule has 1 saturated heterocycles. The van der Waals surface area contributed by atoms with E-state index >= 15 is 0 Å². The highest BCUT2D eigenvalue weighted by Gasteiger charge is 2.33. The predicted molar refractivity (Wildman–Crippen MR) is 93.6 cm³/mol. The van der Waals surface area contributed by atoms with Gasteiger partial charge in [-0.15, -0.1) is 11.3 Å². The molecule has 1 aliphatic heterocycles. The van der Waals surface area contributed by atoms with Gasteiger partial charge < -0.3 is 4.90 Å². The maximum Gasteiger partial charge on any atom is 0.223 e.